The van der Waals surface area contributed by atoms with Gasteiger partial charge in [0.2, 0.25) is 0 Å². The van der Waals surface area contributed by atoms with E-state index in [-0.39, 0.29) is 18.1 Å². The minimum atomic E-state index is -0.310. The number of rotatable bonds is 5. The van der Waals surface area contributed by atoms with Crippen LogP contribution in [0.4, 0.5) is 0 Å². The molecule has 4 nitrogen and oxygen atoms in total. The zero-order valence-corrected chi connectivity index (χ0v) is 14.6. The Hall–Kier alpha value is -1.39. The molecule has 0 saturated carbocycles. The number of benzene rings is 1. The maximum Gasteiger partial charge on any atom is 0.268 e. The zero-order valence-electron chi connectivity index (χ0n) is 14.6. The molecule has 2 aliphatic rings. The van der Waals surface area contributed by atoms with Gasteiger partial charge in [-0.1, -0.05) is 44.2 Å². The Labute approximate surface area is 139 Å². The van der Waals surface area contributed by atoms with Crippen LogP contribution in [0.25, 0.3) is 0 Å². The molecule has 2 heterocycles. The van der Waals surface area contributed by atoms with Crippen LogP contribution in [0.15, 0.2) is 30.3 Å². The number of hydrogen-bond donors (Lipinski definition) is 0. The second-order valence-corrected chi connectivity index (χ2v) is 7.29. The number of hydrazine groups is 1. The second-order valence-electron chi connectivity index (χ2n) is 7.29. The number of carbonyl (C=O) groups excluding carboxylic acids is 1. The molecule has 0 bridgehead atoms. The van der Waals surface area contributed by atoms with Crippen molar-refractivity contribution >= 4 is 5.91 Å². The highest BCUT2D eigenvalue weighted by Crippen LogP contribution is 2.37. The van der Waals surface area contributed by atoms with E-state index in [2.05, 4.69) is 32.7 Å². The molecule has 2 aliphatic heterocycles. The molecule has 0 aliphatic carbocycles. The van der Waals surface area contributed by atoms with Crippen LogP contribution in [0.2, 0.25) is 0 Å². The molecule has 0 aromatic heterocycles. The summed E-state index contributed by atoms with van der Waals surface area (Å²) in [6.45, 7) is 9.28. The summed E-state index contributed by atoms with van der Waals surface area (Å²) in [6, 6.07) is 11.1. The van der Waals surface area contributed by atoms with Crippen LogP contribution in [0, 0.1) is 5.92 Å². The normalized spacial score (nSPS) is 31.7. The molecule has 4 heteroatoms. The van der Waals surface area contributed by atoms with Crippen molar-refractivity contribution < 1.29 is 9.53 Å². The highest BCUT2D eigenvalue weighted by molar-refractivity contribution is 5.88. The van der Waals surface area contributed by atoms with E-state index in [1.165, 1.54) is 0 Å². The number of β-lactam (4-membered cyclic amide) rings is 1. The second kappa shape index (κ2) is 6.62. The predicted octanol–water partition coefficient (Wildman–Crippen LogP) is 3.23. The molecular weight excluding hydrogens is 288 g/mol. The first-order valence-electron chi connectivity index (χ1n) is 8.77. The van der Waals surface area contributed by atoms with Gasteiger partial charge in [0, 0.05) is 12.1 Å². The minimum Gasteiger partial charge on any atom is -0.361 e. The van der Waals surface area contributed by atoms with Gasteiger partial charge in [-0.2, -0.15) is 0 Å². The first-order valence-corrected chi connectivity index (χ1v) is 8.77. The third kappa shape index (κ3) is 3.02. The van der Waals surface area contributed by atoms with Crippen molar-refractivity contribution in [2.75, 3.05) is 0 Å². The number of nitrogens with zero attached hydrogens (tertiary/aromatic N) is 2. The molecule has 0 radical (unpaired) electrons. The van der Waals surface area contributed by atoms with Gasteiger partial charge >= 0.3 is 0 Å². The molecule has 1 amide bonds. The van der Waals surface area contributed by atoms with Gasteiger partial charge in [0.25, 0.3) is 5.91 Å². The summed E-state index contributed by atoms with van der Waals surface area (Å²) in [4.78, 5) is 12.7. The molecule has 2 fully saturated rings. The van der Waals surface area contributed by atoms with Crippen LogP contribution in [-0.2, 0) is 16.1 Å². The van der Waals surface area contributed by atoms with Crippen molar-refractivity contribution in [3.05, 3.63) is 35.9 Å². The van der Waals surface area contributed by atoms with E-state index in [9.17, 15) is 4.79 Å². The summed E-state index contributed by atoms with van der Waals surface area (Å²) >= 11 is 0. The van der Waals surface area contributed by atoms with Crippen molar-refractivity contribution in [3.8, 4) is 0 Å². The highest BCUT2D eigenvalue weighted by Gasteiger charge is 2.54. The third-order valence-corrected chi connectivity index (χ3v) is 5.17. The fraction of sp³-hybridized carbons (Fsp3) is 0.632. The molecule has 4 atom stereocenters. The number of amides is 1. The SMILES string of the molecule is CC(C)[C@H]1[C@@H](OCc2ccccc2)C(=O)N1N1[C@H](C)CC[C@H]1C. The monoisotopic (exact) mass is 316 g/mol. The molecule has 0 N–H and O–H groups in total. The maximum absolute atomic E-state index is 12.7. The van der Waals surface area contributed by atoms with Gasteiger partial charge < -0.3 is 4.74 Å². The molecular formula is C19H28N2O2. The Balaban J connectivity index is 1.69. The molecule has 1 aromatic carbocycles. The zero-order chi connectivity index (χ0) is 16.6. The summed E-state index contributed by atoms with van der Waals surface area (Å²) < 4.78 is 5.99. The molecule has 126 valence electrons. The topological polar surface area (TPSA) is 32.8 Å². The van der Waals surface area contributed by atoms with Gasteiger partial charge in [0.1, 0.15) is 0 Å². The van der Waals surface area contributed by atoms with Crippen LogP contribution in [-0.4, -0.2) is 40.2 Å². The summed E-state index contributed by atoms with van der Waals surface area (Å²) in [5, 5.41) is 4.28. The number of hydrogen-bond acceptors (Lipinski definition) is 3. The Bertz CT molecular complexity index is 536. The summed E-state index contributed by atoms with van der Waals surface area (Å²) in [6.07, 6.45) is 2.01. The average molecular weight is 316 g/mol. The lowest BCUT2D eigenvalue weighted by molar-refractivity contribution is -0.226. The van der Waals surface area contributed by atoms with Crippen LogP contribution >= 0.6 is 0 Å². The Morgan fingerprint density at radius 3 is 2.30 bits per heavy atom. The number of carbonyl (C=O) groups is 1. The van der Waals surface area contributed by atoms with Gasteiger partial charge in [-0.3, -0.25) is 9.80 Å². The van der Waals surface area contributed by atoms with Gasteiger partial charge in [-0.15, -0.1) is 0 Å². The summed E-state index contributed by atoms with van der Waals surface area (Å²) in [5.74, 6) is 0.508. The molecule has 1 aromatic rings. The first kappa shape index (κ1) is 16.5. The van der Waals surface area contributed by atoms with E-state index in [1.54, 1.807) is 0 Å². The standard InChI is InChI=1S/C19H28N2O2/c1-13(2)17-18(23-12-16-8-6-5-7-9-16)19(22)21(17)20-14(3)10-11-15(20)4/h5-9,13-15,17-18H,10-12H2,1-4H3/t14-,15-,17+,18-/m1/s1. The largest absolute Gasteiger partial charge is 0.361 e. The molecule has 3 rings (SSSR count). The average Bonchev–Trinajstić information content (AvgIpc) is 2.85. The van der Waals surface area contributed by atoms with E-state index in [0.717, 1.165) is 18.4 Å². The third-order valence-electron chi connectivity index (χ3n) is 5.17. The van der Waals surface area contributed by atoms with E-state index in [1.807, 2.05) is 35.3 Å². The molecule has 0 unspecified atom stereocenters. The van der Waals surface area contributed by atoms with Crippen LogP contribution < -0.4 is 0 Å². The Morgan fingerprint density at radius 2 is 1.74 bits per heavy atom. The van der Waals surface area contributed by atoms with Crippen LogP contribution in [0.5, 0.6) is 0 Å². The fourth-order valence-electron chi connectivity index (χ4n) is 3.91. The van der Waals surface area contributed by atoms with Gasteiger partial charge in [0.05, 0.1) is 12.6 Å². The molecule has 0 spiro atoms. The predicted molar refractivity (Wildman–Crippen MR) is 90.5 cm³/mol. The maximum atomic E-state index is 12.7. The van der Waals surface area contributed by atoms with Gasteiger partial charge in [-0.25, -0.2) is 5.01 Å². The van der Waals surface area contributed by atoms with E-state index in [0.29, 0.717) is 24.6 Å². The first-order chi connectivity index (χ1) is 11.0. The summed E-state index contributed by atoms with van der Waals surface area (Å²) in [5.41, 5.74) is 1.11. The lowest BCUT2D eigenvalue weighted by atomic mass is 9.89. The fourth-order valence-corrected chi connectivity index (χ4v) is 3.91. The van der Waals surface area contributed by atoms with Crippen molar-refractivity contribution in [1.82, 2.24) is 10.0 Å². The van der Waals surface area contributed by atoms with E-state index in [4.69, 9.17) is 4.74 Å². The summed E-state index contributed by atoms with van der Waals surface area (Å²) in [7, 11) is 0. The molecule has 23 heavy (non-hydrogen) atoms. The minimum absolute atomic E-state index is 0.125. The number of ether oxygens (including phenoxy) is 1. The van der Waals surface area contributed by atoms with Gasteiger partial charge in [0.15, 0.2) is 6.10 Å². The van der Waals surface area contributed by atoms with Crippen molar-refractivity contribution in [3.63, 3.8) is 0 Å². The van der Waals surface area contributed by atoms with E-state index >= 15 is 0 Å². The highest BCUT2D eigenvalue weighted by atomic mass is 16.5. The molecule has 2 saturated heterocycles. The lowest BCUT2D eigenvalue weighted by Crippen LogP contribution is -2.73. The van der Waals surface area contributed by atoms with Crippen molar-refractivity contribution in [1.29, 1.82) is 0 Å². The van der Waals surface area contributed by atoms with Crippen molar-refractivity contribution in [2.45, 2.75) is 71.4 Å². The van der Waals surface area contributed by atoms with Crippen molar-refractivity contribution in [2.24, 2.45) is 5.92 Å². The Kier molecular flexibility index (Phi) is 4.74. The van der Waals surface area contributed by atoms with E-state index < -0.39 is 0 Å². The van der Waals surface area contributed by atoms with Gasteiger partial charge in [-0.05, 0) is 38.2 Å². The quantitative estimate of drug-likeness (QED) is 0.782. The van der Waals surface area contributed by atoms with Crippen LogP contribution in [0.1, 0.15) is 46.1 Å². The van der Waals surface area contributed by atoms with Crippen LogP contribution in [0.3, 0.4) is 0 Å². The lowest BCUT2D eigenvalue weighted by Gasteiger charge is -2.54. The smallest absolute Gasteiger partial charge is 0.268 e. The Morgan fingerprint density at radius 1 is 1.13 bits per heavy atom.